The van der Waals surface area contributed by atoms with E-state index in [1.807, 2.05) is 4.90 Å². The van der Waals surface area contributed by atoms with Crippen LogP contribution in [0.2, 0.25) is 0 Å². The van der Waals surface area contributed by atoms with Crippen LogP contribution in [0.5, 0.6) is 11.5 Å². The van der Waals surface area contributed by atoms with E-state index in [4.69, 9.17) is 19.9 Å². The lowest BCUT2D eigenvalue weighted by atomic mass is 9.95. The van der Waals surface area contributed by atoms with Crippen molar-refractivity contribution in [3.63, 3.8) is 0 Å². The molecule has 1 aromatic carbocycles. The fraction of sp³-hybridized carbons (Fsp3) is 0.444. The minimum Gasteiger partial charge on any atom is -0.493 e. The van der Waals surface area contributed by atoms with Crippen LogP contribution in [0.15, 0.2) is 12.1 Å². The molecule has 0 bridgehead atoms. The molecule has 1 atom stereocenters. The molecular formula is C18H21N5O5. The highest BCUT2D eigenvalue weighted by Crippen LogP contribution is 2.34. The summed E-state index contributed by atoms with van der Waals surface area (Å²) in [5, 5.41) is 3.27. The van der Waals surface area contributed by atoms with Crippen LogP contribution in [0, 0.1) is 5.92 Å². The zero-order chi connectivity index (χ0) is 19.8. The van der Waals surface area contributed by atoms with Gasteiger partial charge in [0.25, 0.3) is 0 Å². The Morgan fingerprint density at radius 2 is 1.82 bits per heavy atom. The third kappa shape index (κ3) is 3.10. The van der Waals surface area contributed by atoms with Crippen molar-refractivity contribution in [2.45, 2.75) is 19.1 Å². The fourth-order valence-corrected chi connectivity index (χ4v) is 3.61. The van der Waals surface area contributed by atoms with Crippen molar-refractivity contribution in [3.8, 4) is 11.5 Å². The molecule has 148 valence electrons. The van der Waals surface area contributed by atoms with E-state index in [0.717, 1.165) is 12.8 Å². The van der Waals surface area contributed by atoms with Gasteiger partial charge in [0, 0.05) is 30.5 Å². The van der Waals surface area contributed by atoms with Crippen molar-refractivity contribution in [1.82, 2.24) is 15.3 Å². The number of methoxy groups -OCH3 is 2. The zero-order valence-corrected chi connectivity index (χ0v) is 15.6. The summed E-state index contributed by atoms with van der Waals surface area (Å²) in [6.45, 7) is 1.32. The van der Waals surface area contributed by atoms with Crippen LogP contribution < -0.4 is 25.4 Å². The molecule has 2 aliphatic heterocycles. The molecule has 0 spiro atoms. The summed E-state index contributed by atoms with van der Waals surface area (Å²) in [5.41, 5.74) is 6.82. The maximum atomic E-state index is 11.3. The summed E-state index contributed by atoms with van der Waals surface area (Å²) in [5.74, 6) is 0.588. The second-order valence-corrected chi connectivity index (χ2v) is 6.76. The van der Waals surface area contributed by atoms with Crippen LogP contribution >= 0.6 is 0 Å². The third-order valence-electron chi connectivity index (χ3n) is 5.16. The van der Waals surface area contributed by atoms with E-state index in [9.17, 15) is 9.59 Å². The molecular weight excluding hydrogens is 366 g/mol. The van der Waals surface area contributed by atoms with E-state index in [-0.39, 0.29) is 5.92 Å². The van der Waals surface area contributed by atoms with Crippen LogP contribution in [0.25, 0.3) is 10.9 Å². The second-order valence-electron chi connectivity index (χ2n) is 6.76. The molecule has 2 fully saturated rings. The van der Waals surface area contributed by atoms with Gasteiger partial charge in [-0.25, -0.2) is 9.78 Å². The highest BCUT2D eigenvalue weighted by molar-refractivity contribution is 6.34. The SMILES string of the molecule is COc1cc2nc(N3CCC(C4NC(=O)C(=O)O4)CC3)nc(N)c2cc1OC. The second kappa shape index (κ2) is 7.02. The van der Waals surface area contributed by atoms with Gasteiger partial charge < -0.3 is 30.2 Å². The van der Waals surface area contributed by atoms with Crippen LogP contribution in [-0.4, -0.2) is 55.4 Å². The molecule has 1 aromatic heterocycles. The molecule has 1 amide bonds. The molecule has 3 N–H and O–H groups in total. The molecule has 28 heavy (non-hydrogen) atoms. The maximum Gasteiger partial charge on any atom is 0.398 e. The number of hydrogen-bond acceptors (Lipinski definition) is 9. The quantitative estimate of drug-likeness (QED) is 0.567. The largest absolute Gasteiger partial charge is 0.493 e. The fourth-order valence-electron chi connectivity index (χ4n) is 3.61. The van der Waals surface area contributed by atoms with Crippen molar-refractivity contribution >= 4 is 34.5 Å². The summed E-state index contributed by atoms with van der Waals surface area (Å²) in [6, 6.07) is 3.53. The lowest BCUT2D eigenvalue weighted by Gasteiger charge is -2.33. The Morgan fingerprint density at radius 1 is 1.14 bits per heavy atom. The first-order valence-electron chi connectivity index (χ1n) is 8.96. The van der Waals surface area contributed by atoms with E-state index in [2.05, 4.69) is 15.3 Å². The predicted octanol–water partition coefficient (Wildman–Crippen LogP) is 0.445. The van der Waals surface area contributed by atoms with Crippen molar-refractivity contribution in [3.05, 3.63) is 12.1 Å². The average Bonchev–Trinajstić information content (AvgIpc) is 3.05. The Bertz CT molecular complexity index is 926. The first kappa shape index (κ1) is 18.1. The molecule has 2 aliphatic rings. The van der Waals surface area contributed by atoms with Crippen LogP contribution in [-0.2, 0) is 14.3 Å². The van der Waals surface area contributed by atoms with E-state index in [1.165, 1.54) is 0 Å². The number of esters is 1. The molecule has 0 aliphatic carbocycles. The van der Waals surface area contributed by atoms with E-state index in [1.54, 1.807) is 26.4 Å². The number of nitrogens with zero attached hydrogens (tertiary/aromatic N) is 3. The molecule has 1 unspecified atom stereocenters. The number of nitrogens with one attached hydrogen (secondary N) is 1. The number of rotatable bonds is 4. The first-order chi connectivity index (χ1) is 13.5. The molecule has 10 heteroatoms. The number of amides is 1. The molecule has 10 nitrogen and oxygen atoms in total. The van der Waals surface area contributed by atoms with Gasteiger partial charge >= 0.3 is 11.9 Å². The number of piperidine rings is 1. The Morgan fingerprint density at radius 3 is 2.43 bits per heavy atom. The van der Waals surface area contributed by atoms with Crippen LogP contribution in [0.4, 0.5) is 11.8 Å². The van der Waals surface area contributed by atoms with Crippen molar-refractivity contribution < 1.29 is 23.8 Å². The standard InChI is InChI=1S/C18H21N5O5/c1-26-12-7-10-11(8-13(12)27-2)20-18(21-14(10)19)23-5-3-9(4-6-23)16-22-15(24)17(25)28-16/h7-9,16H,3-6H2,1-2H3,(H,22,24)(H2,19,20,21). The smallest absolute Gasteiger partial charge is 0.398 e. The number of hydrogen-bond donors (Lipinski definition) is 2. The van der Waals surface area contributed by atoms with Crippen molar-refractivity contribution in [2.24, 2.45) is 5.92 Å². The van der Waals surface area contributed by atoms with E-state index < -0.39 is 18.1 Å². The molecule has 4 rings (SSSR count). The Hall–Kier alpha value is -3.30. The summed E-state index contributed by atoms with van der Waals surface area (Å²) < 4.78 is 15.7. The van der Waals surface area contributed by atoms with Crippen LogP contribution in [0.3, 0.4) is 0 Å². The number of benzene rings is 1. The van der Waals surface area contributed by atoms with E-state index in [0.29, 0.717) is 47.3 Å². The lowest BCUT2D eigenvalue weighted by Crippen LogP contribution is -2.42. The van der Waals surface area contributed by atoms with Gasteiger partial charge in [-0.3, -0.25) is 4.79 Å². The van der Waals surface area contributed by atoms with Gasteiger partial charge in [0.05, 0.1) is 19.7 Å². The predicted molar refractivity (Wildman–Crippen MR) is 100 cm³/mol. The molecule has 0 radical (unpaired) electrons. The van der Waals surface area contributed by atoms with Crippen LogP contribution in [0.1, 0.15) is 12.8 Å². The normalized spacial score (nSPS) is 20.2. The third-order valence-corrected chi connectivity index (χ3v) is 5.16. The van der Waals surface area contributed by atoms with Gasteiger partial charge in [-0.05, 0) is 18.9 Å². The molecule has 3 heterocycles. The number of carbonyl (C=O) groups excluding carboxylic acids is 2. The number of carbonyl (C=O) groups is 2. The number of nitrogen functional groups attached to an aromatic ring is 1. The van der Waals surface area contributed by atoms with Gasteiger partial charge in [0.15, 0.2) is 17.7 Å². The number of ether oxygens (including phenoxy) is 3. The summed E-state index contributed by atoms with van der Waals surface area (Å²) in [4.78, 5) is 33.7. The Kier molecular flexibility index (Phi) is 4.54. The summed E-state index contributed by atoms with van der Waals surface area (Å²) >= 11 is 0. The average molecular weight is 387 g/mol. The number of cyclic esters (lactones) is 1. The van der Waals surface area contributed by atoms with Gasteiger partial charge in [-0.1, -0.05) is 0 Å². The number of nitrogens with two attached hydrogens (primary N) is 1. The first-order valence-corrected chi connectivity index (χ1v) is 8.96. The minimum absolute atomic E-state index is 0.0637. The minimum atomic E-state index is -0.817. The monoisotopic (exact) mass is 387 g/mol. The molecule has 0 saturated carbocycles. The van der Waals surface area contributed by atoms with Gasteiger partial charge in [0.2, 0.25) is 5.95 Å². The summed E-state index contributed by atoms with van der Waals surface area (Å²) in [6.07, 6.45) is 0.901. The number of fused-ring (bicyclic) bond motifs is 1. The van der Waals surface area contributed by atoms with Gasteiger partial charge in [-0.15, -0.1) is 0 Å². The zero-order valence-electron chi connectivity index (χ0n) is 15.6. The van der Waals surface area contributed by atoms with Gasteiger partial charge in [-0.2, -0.15) is 4.98 Å². The number of aromatic nitrogens is 2. The lowest BCUT2D eigenvalue weighted by molar-refractivity contribution is -0.150. The van der Waals surface area contributed by atoms with Gasteiger partial charge in [0.1, 0.15) is 5.82 Å². The Balaban J connectivity index is 1.53. The highest BCUT2D eigenvalue weighted by atomic mass is 16.6. The Labute approximate surface area is 161 Å². The summed E-state index contributed by atoms with van der Waals surface area (Å²) in [7, 11) is 3.12. The number of anilines is 2. The van der Waals surface area contributed by atoms with Crippen molar-refractivity contribution in [1.29, 1.82) is 0 Å². The molecule has 2 aromatic rings. The van der Waals surface area contributed by atoms with E-state index >= 15 is 0 Å². The topological polar surface area (TPSA) is 129 Å². The maximum absolute atomic E-state index is 11.3. The van der Waals surface area contributed by atoms with Crippen molar-refractivity contribution in [2.75, 3.05) is 37.9 Å². The molecule has 2 saturated heterocycles. The highest BCUT2D eigenvalue weighted by Gasteiger charge is 2.38.